The van der Waals surface area contributed by atoms with Gasteiger partial charge in [0.15, 0.2) is 34.7 Å². The maximum atomic E-state index is 11.4. The van der Waals surface area contributed by atoms with E-state index in [0.717, 1.165) is 19.3 Å². The van der Waals surface area contributed by atoms with Crippen LogP contribution in [0.25, 0.3) is 0 Å². The van der Waals surface area contributed by atoms with Gasteiger partial charge >= 0.3 is 0 Å². The van der Waals surface area contributed by atoms with Crippen molar-refractivity contribution in [3.8, 4) is 0 Å². The number of rotatable bonds is 15. The fourth-order valence-corrected chi connectivity index (χ4v) is 8.22. The maximum Gasteiger partial charge on any atom is 0.225 e. The van der Waals surface area contributed by atoms with Crippen molar-refractivity contribution >= 4 is 17.3 Å². The van der Waals surface area contributed by atoms with E-state index >= 15 is 0 Å². The minimum atomic E-state index is -1.11. The van der Waals surface area contributed by atoms with Crippen LogP contribution in [0.1, 0.15) is 168 Å². The molecule has 65 heavy (non-hydrogen) atoms. The molecule has 0 atom stereocenters. The molecule has 15 nitrogen and oxygen atoms in total. The Kier molecular flexibility index (Phi) is 21.3. The fourth-order valence-electron chi connectivity index (χ4n) is 8.22. The quantitative estimate of drug-likeness (QED) is 0.143. The van der Waals surface area contributed by atoms with E-state index in [9.17, 15) is 14.4 Å². The van der Waals surface area contributed by atoms with E-state index in [0.29, 0.717) is 98.0 Å². The molecule has 0 bridgehead atoms. The topological polar surface area (TPSA) is 162 Å². The number of ether oxygens (including phenoxy) is 12. The van der Waals surface area contributed by atoms with E-state index in [2.05, 4.69) is 20.8 Å². The average Bonchev–Trinajstić information content (AvgIpc) is 3.23. The van der Waals surface area contributed by atoms with Gasteiger partial charge in [-0.1, -0.05) is 60.3 Å². The summed E-state index contributed by atoms with van der Waals surface area (Å²) in [6, 6.07) is 0. The van der Waals surface area contributed by atoms with E-state index in [-0.39, 0.29) is 47.4 Å². The number of unbranched alkanes of at least 4 members (excludes halogenated alkanes) is 5. The van der Waals surface area contributed by atoms with Crippen LogP contribution in [-0.2, 0) is 71.2 Å². The second-order valence-corrected chi connectivity index (χ2v) is 21.6. The second kappa shape index (κ2) is 23.9. The predicted molar refractivity (Wildman–Crippen MR) is 245 cm³/mol. The molecule has 0 aliphatic carbocycles. The molecule has 0 aromatic rings. The molecular formula is C50H90O15. The molecule has 6 aliphatic heterocycles. The number of ketones is 3. The maximum absolute atomic E-state index is 11.4. The normalized spacial score (nSPS) is 35.0. The molecule has 6 aliphatic rings. The molecule has 3 spiro atoms. The summed E-state index contributed by atoms with van der Waals surface area (Å²) in [5, 5.41) is 0. The molecule has 0 radical (unpaired) electrons. The molecule has 0 N–H and O–H groups in total. The summed E-state index contributed by atoms with van der Waals surface area (Å²) in [5.74, 6) is -3.51. The first-order chi connectivity index (χ1) is 29.7. The summed E-state index contributed by atoms with van der Waals surface area (Å²) in [6.07, 6.45) is 10.8. The Bertz CT molecular complexity index is 1450. The Morgan fingerprint density at radius 1 is 0.446 bits per heavy atom. The van der Waals surface area contributed by atoms with Crippen molar-refractivity contribution in [1.29, 1.82) is 0 Å². The third kappa shape index (κ3) is 17.8. The van der Waals surface area contributed by atoms with Gasteiger partial charge in [-0.15, -0.1) is 0 Å². The third-order valence-electron chi connectivity index (χ3n) is 13.1. The van der Waals surface area contributed by atoms with Crippen molar-refractivity contribution in [2.75, 3.05) is 79.3 Å². The first-order valence-electron chi connectivity index (χ1n) is 23.9. The van der Waals surface area contributed by atoms with Gasteiger partial charge < -0.3 is 61.6 Å². The summed E-state index contributed by atoms with van der Waals surface area (Å²) >= 11 is 0. The zero-order valence-electron chi connectivity index (χ0n) is 42.0. The highest BCUT2D eigenvalue weighted by molar-refractivity contribution is 5.83. The van der Waals surface area contributed by atoms with E-state index < -0.39 is 34.7 Å². The Morgan fingerprint density at radius 3 is 1.18 bits per heavy atom. The van der Waals surface area contributed by atoms with E-state index in [1.807, 2.05) is 41.5 Å². The Hall–Kier alpha value is -1.47. The Morgan fingerprint density at radius 2 is 0.800 bits per heavy atom. The van der Waals surface area contributed by atoms with Crippen LogP contribution in [0.15, 0.2) is 0 Å². The SMILES string of the molecule is C.CC(=O)C1(C)OCC2(COC(C)(C)OC2)CO1.CC(=O)CCC1(C)OCC2(CO1)COC(C)(CC(C)C)OC2.CCCCCCCCC1(C)OCC2(CO1)COC(C)(CC(C)=O)OC2. The lowest BCUT2D eigenvalue weighted by molar-refractivity contribution is -0.363. The molecule has 15 heteroatoms. The highest BCUT2D eigenvalue weighted by atomic mass is 16.8. The molecule has 0 aromatic carbocycles. The van der Waals surface area contributed by atoms with Gasteiger partial charge in [-0.2, -0.15) is 0 Å². The molecule has 6 heterocycles. The van der Waals surface area contributed by atoms with Gasteiger partial charge in [0.25, 0.3) is 0 Å². The van der Waals surface area contributed by atoms with Crippen molar-refractivity contribution in [1.82, 2.24) is 0 Å². The van der Waals surface area contributed by atoms with Crippen LogP contribution < -0.4 is 0 Å². The van der Waals surface area contributed by atoms with Gasteiger partial charge in [0.2, 0.25) is 5.79 Å². The average molecular weight is 931 g/mol. The summed E-state index contributed by atoms with van der Waals surface area (Å²) in [5.41, 5.74) is -0.770. The van der Waals surface area contributed by atoms with Gasteiger partial charge in [-0.05, 0) is 74.7 Å². The van der Waals surface area contributed by atoms with Crippen molar-refractivity contribution in [2.24, 2.45) is 22.2 Å². The minimum Gasteiger partial charge on any atom is -0.350 e. The molecule has 6 fully saturated rings. The molecule has 6 saturated heterocycles. The zero-order chi connectivity index (χ0) is 47.6. The number of carbonyl (C=O) groups excluding carboxylic acids is 3. The van der Waals surface area contributed by atoms with Gasteiger partial charge in [-0.3, -0.25) is 9.59 Å². The first kappa shape index (κ1) is 57.8. The molecule has 0 amide bonds. The minimum absolute atomic E-state index is 0. The smallest absolute Gasteiger partial charge is 0.225 e. The highest BCUT2D eigenvalue weighted by Crippen LogP contribution is 2.41. The van der Waals surface area contributed by atoms with E-state index in [4.69, 9.17) is 56.8 Å². The first-order valence-corrected chi connectivity index (χ1v) is 23.9. The van der Waals surface area contributed by atoms with Crippen molar-refractivity contribution in [3.63, 3.8) is 0 Å². The van der Waals surface area contributed by atoms with E-state index in [1.165, 1.54) is 39.0 Å². The van der Waals surface area contributed by atoms with Crippen LogP contribution in [0, 0.1) is 22.2 Å². The molecule has 0 aromatic heterocycles. The summed E-state index contributed by atoms with van der Waals surface area (Å²) < 4.78 is 70.1. The van der Waals surface area contributed by atoms with E-state index in [1.54, 1.807) is 20.8 Å². The van der Waals surface area contributed by atoms with Crippen LogP contribution in [0.3, 0.4) is 0 Å². The molecule has 0 saturated carbocycles. The molecule has 380 valence electrons. The summed E-state index contributed by atoms with van der Waals surface area (Å²) in [6.45, 7) is 30.6. The highest BCUT2D eigenvalue weighted by Gasteiger charge is 2.51. The van der Waals surface area contributed by atoms with Gasteiger partial charge in [-0.25, -0.2) is 0 Å². The monoisotopic (exact) mass is 931 g/mol. The predicted octanol–water partition coefficient (Wildman–Crippen LogP) is 8.89. The van der Waals surface area contributed by atoms with Crippen LogP contribution in [0.4, 0.5) is 0 Å². The standard InChI is InChI=1S/C20H36O5.C17H30O5.C12H20O5.CH4/c1-5-6-7-8-9-10-11-18(3)22-13-20(14-23-18)15-24-19(4,25-16-20)12-17(2)21;1-13(2)8-16(5)21-11-17(12-22-16)9-19-15(4,20-10-17)7-6-14(3)18;1-9(13)11(4)16-7-12(8-17-11)5-14-10(2,3)15-6-12;/h5-16H2,1-4H3;13H,6-12H2,1-5H3;5-8H2,1-4H3;1H4. The Labute approximate surface area is 391 Å². The van der Waals surface area contributed by atoms with Crippen molar-refractivity contribution in [3.05, 3.63) is 0 Å². The van der Waals surface area contributed by atoms with Gasteiger partial charge in [0.1, 0.15) is 11.6 Å². The molecular weight excluding hydrogens is 841 g/mol. The van der Waals surface area contributed by atoms with Crippen LogP contribution >= 0.6 is 0 Å². The van der Waals surface area contributed by atoms with Crippen LogP contribution in [-0.4, -0.2) is 131 Å². The third-order valence-corrected chi connectivity index (χ3v) is 13.1. The number of hydrogen-bond acceptors (Lipinski definition) is 15. The van der Waals surface area contributed by atoms with Crippen molar-refractivity contribution < 1.29 is 71.2 Å². The van der Waals surface area contributed by atoms with Crippen molar-refractivity contribution in [2.45, 2.75) is 203 Å². The lowest BCUT2D eigenvalue weighted by Crippen LogP contribution is -2.58. The second-order valence-electron chi connectivity index (χ2n) is 21.6. The molecule has 6 rings (SSSR count). The Balaban J connectivity index is 0.000000261. The lowest BCUT2D eigenvalue weighted by Gasteiger charge is -2.50. The number of hydrogen-bond donors (Lipinski definition) is 0. The molecule has 0 unspecified atom stereocenters. The number of Topliss-reactive ketones (excluding diaryl/α,β-unsaturated/α-hetero) is 3. The largest absolute Gasteiger partial charge is 0.350 e. The fraction of sp³-hybridized carbons (Fsp3) is 0.940. The van der Waals surface area contributed by atoms with Crippen LogP contribution in [0.5, 0.6) is 0 Å². The summed E-state index contributed by atoms with van der Waals surface area (Å²) in [4.78, 5) is 33.9. The van der Waals surface area contributed by atoms with Gasteiger partial charge in [0, 0.05) is 32.6 Å². The zero-order valence-corrected chi connectivity index (χ0v) is 42.0. The number of carbonyl (C=O) groups is 3. The van der Waals surface area contributed by atoms with Gasteiger partial charge in [0.05, 0.1) is 102 Å². The van der Waals surface area contributed by atoms with Crippen LogP contribution in [0.2, 0.25) is 0 Å². The summed E-state index contributed by atoms with van der Waals surface area (Å²) in [7, 11) is 0. The lowest BCUT2D eigenvalue weighted by atomic mass is 9.88.